The molecule has 0 atom stereocenters. The Labute approximate surface area is 174 Å². The van der Waals surface area contributed by atoms with Gasteiger partial charge in [0.2, 0.25) is 11.8 Å². The molecule has 8 nitrogen and oxygen atoms in total. The van der Waals surface area contributed by atoms with Crippen LogP contribution in [0.25, 0.3) is 10.9 Å². The summed E-state index contributed by atoms with van der Waals surface area (Å²) in [6.07, 6.45) is 0.449. The number of carbonyl (C=O) groups excluding carboxylic acids is 2. The number of benzene rings is 2. The Morgan fingerprint density at radius 2 is 1.83 bits per heavy atom. The fourth-order valence-corrected chi connectivity index (χ4v) is 3.08. The average molecular weight is 408 g/mol. The molecule has 0 radical (unpaired) electrons. The zero-order chi connectivity index (χ0) is 21.7. The first kappa shape index (κ1) is 21.0. The molecular weight excluding hydrogens is 384 g/mol. The third-order valence-corrected chi connectivity index (χ3v) is 4.82. The lowest BCUT2D eigenvalue weighted by molar-refractivity contribution is -0.133. The van der Waals surface area contributed by atoms with Gasteiger partial charge < -0.3 is 15.0 Å². The van der Waals surface area contributed by atoms with E-state index in [4.69, 9.17) is 4.74 Å². The molecule has 8 heteroatoms. The van der Waals surface area contributed by atoms with E-state index in [9.17, 15) is 14.4 Å². The standard InChI is InChI=1S/C22H24N4O4/c1-25(14-20(27)23-15-8-10-16(30-3)11-9-15)21(28)13-12-19-24-18-7-5-4-6-17(18)22(29)26(19)2/h4-11H,12-14H2,1-3H3,(H,23,27). The van der Waals surface area contributed by atoms with Crippen LogP contribution in [0.4, 0.5) is 5.69 Å². The number of hydrogen-bond acceptors (Lipinski definition) is 5. The number of amides is 2. The Hall–Kier alpha value is -3.68. The van der Waals surface area contributed by atoms with Crippen molar-refractivity contribution in [3.63, 3.8) is 0 Å². The van der Waals surface area contributed by atoms with Gasteiger partial charge in [-0.15, -0.1) is 0 Å². The van der Waals surface area contributed by atoms with Crippen molar-refractivity contribution in [3.8, 4) is 5.75 Å². The Balaban J connectivity index is 1.58. The molecule has 0 unspecified atom stereocenters. The lowest BCUT2D eigenvalue weighted by Crippen LogP contribution is -2.35. The largest absolute Gasteiger partial charge is 0.497 e. The number of aryl methyl sites for hydroxylation is 1. The average Bonchev–Trinajstić information content (AvgIpc) is 2.75. The van der Waals surface area contributed by atoms with Gasteiger partial charge >= 0.3 is 0 Å². The van der Waals surface area contributed by atoms with Gasteiger partial charge in [-0.1, -0.05) is 12.1 Å². The van der Waals surface area contributed by atoms with Gasteiger partial charge in [-0.05, 0) is 36.4 Å². The van der Waals surface area contributed by atoms with Gasteiger partial charge in [-0.2, -0.15) is 0 Å². The van der Waals surface area contributed by atoms with Crippen LogP contribution in [-0.2, 0) is 23.1 Å². The highest BCUT2D eigenvalue weighted by molar-refractivity contribution is 5.94. The highest BCUT2D eigenvalue weighted by Crippen LogP contribution is 2.15. The van der Waals surface area contributed by atoms with E-state index < -0.39 is 0 Å². The van der Waals surface area contributed by atoms with Gasteiger partial charge in [-0.3, -0.25) is 19.0 Å². The van der Waals surface area contributed by atoms with E-state index in [-0.39, 0.29) is 30.3 Å². The number of hydrogen-bond donors (Lipinski definition) is 1. The normalized spacial score (nSPS) is 10.6. The molecule has 0 saturated carbocycles. The van der Waals surface area contributed by atoms with Crippen LogP contribution in [0.2, 0.25) is 0 Å². The second-order valence-corrected chi connectivity index (χ2v) is 6.94. The molecule has 2 amide bonds. The Morgan fingerprint density at radius 3 is 2.53 bits per heavy atom. The van der Waals surface area contributed by atoms with Gasteiger partial charge in [0.1, 0.15) is 11.6 Å². The van der Waals surface area contributed by atoms with Crippen LogP contribution in [0, 0.1) is 0 Å². The summed E-state index contributed by atoms with van der Waals surface area (Å²) in [4.78, 5) is 43.0. The maximum Gasteiger partial charge on any atom is 0.261 e. The first-order valence-electron chi connectivity index (χ1n) is 9.51. The minimum atomic E-state index is -0.299. The molecule has 0 fully saturated rings. The monoisotopic (exact) mass is 408 g/mol. The van der Waals surface area contributed by atoms with E-state index in [1.165, 1.54) is 9.47 Å². The molecule has 30 heavy (non-hydrogen) atoms. The summed E-state index contributed by atoms with van der Waals surface area (Å²) in [6.45, 7) is -0.0745. The summed E-state index contributed by atoms with van der Waals surface area (Å²) in [5.74, 6) is 0.717. The summed E-state index contributed by atoms with van der Waals surface area (Å²) in [5.41, 5.74) is 1.09. The topological polar surface area (TPSA) is 93.5 Å². The van der Waals surface area contributed by atoms with Crippen LogP contribution in [0.3, 0.4) is 0 Å². The van der Waals surface area contributed by atoms with E-state index in [0.717, 1.165) is 0 Å². The fraction of sp³-hybridized carbons (Fsp3) is 0.273. The first-order valence-corrected chi connectivity index (χ1v) is 9.51. The minimum Gasteiger partial charge on any atom is -0.497 e. The van der Waals surface area contributed by atoms with Crippen molar-refractivity contribution in [1.29, 1.82) is 0 Å². The maximum atomic E-state index is 12.5. The maximum absolute atomic E-state index is 12.5. The lowest BCUT2D eigenvalue weighted by atomic mass is 10.2. The third kappa shape index (κ3) is 4.83. The molecule has 156 valence electrons. The summed E-state index contributed by atoms with van der Waals surface area (Å²) >= 11 is 0. The summed E-state index contributed by atoms with van der Waals surface area (Å²) < 4.78 is 6.55. The molecule has 0 aliphatic carbocycles. The van der Waals surface area contributed by atoms with Crippen molar-refractivity contribution < 1.29 is 14.3 Å². The number of methoxy groups -OCH3 is 1. The SMILES string of the molecule is COc1ccc(NC(=O)CN(C)C(=O)CCc2nc3ccccc3c(=O)n2C)cc1. The van der Waals surface area contributed by atoms with E-state index in [1.54, 1.807) is 63.7 Å². The zero-order valence-corrected chi connectivity index (χ0v) is 17.2. The highest BCUT2D eigenvalue weighted by Gasteiger charge is 2.15. The highest BCUT2D eigenvalue weighted by atomic mass is 16.5. The number of fused-ring (bicyclic) bond motifs is 1. The van der Waals surface area contributed by atoms with Crippen molar-refractivity contribution in [2.75, 3.05) is 26.0 Å². The predicted octanol–water partition coefficient (Wildman–Crippen LogP) is 1.97. The van der Waals surface area contributed by atoms with Crippen molar-refractivity contribution in [2.45, 2.75) is 12.8 Å². The van der Waals surface area contributed by atoms with Crippen LogP contribution in [0.15, 0.2) is 53.3 Å². The summed E-state index contributed by atoms with van der Waals surface area (Å²) in [6, 6.07) is 14.1. The van der Waals surface area contributed by atoms with Gasteiger partial charge in [0.05, 0.1) is 24.6 Å². The quantitative estimate of drug-likeness (QED) is 0.645. The van der Waals surface area contributed by atoms with Gasteiger partial charge in [0.15, 0.2) is 0 Å². The van der Waals surface area contributed by atoms with Crippen LogP contribution in [-0.4, -0.2) is 47.0 Å². The van der Waals surface area contributed by atoms with E-state index in [2.05, 4.69) is 10.3 Å². The van der Waals surface area contributed by atoms with E-state index >= 15 is 0 Å². The van der Waals surface area contributed by atoms with Crippen molar-refractivity contribution in [3.05, 3.63) is 64.7 Å². The van der Waals surface area contributed by atoms with Crippen molar-refractivity contribution in [1.82, 2.24) is 14.5 Å². The first-order chi connectivity index (χ1) is 14.4. The summed E-state index contributed by atoms with van der Waals surface area (Å²) in [5, 5.41) is 3.29. The minimum absolute atomic E-state index is 0.0745. The molecular formula is C22H24N4O4. The molecule has 0 aliphatic rings. The molecule has 3 rings (SSSR count). The second-order valence-electron chi connectivity index (χ2n) is 6.94. The number of likely N-dealkylation sites (N-methyl/N-ethyl adjacent to an activating group) is 1. The number of ether oxygens (including phenoxy) is 1. The summed E-state index contributed by atoms with van der Waals surface area (Å²) in [7, 11) is 4.79. The number of para-hydroxylation sites is 1. The van der Waals surface area contributed by atoms with Gasteiger partial charge in [0, 0.05) is 32.6 Å². The number of rotatable bonds is 7. The molecule has 0 saturated heterocycles. The number of anilines is 1. The number of aromatic nitrogens is 2. The zero-order valence-electron chi connectivity index (χ0n) is 17.2. The molecule has 1 N–H and O–H groups in total. The second kappa shape index (κ2) is 9.21. The lowest BCUT2D eigenvalue weighted by Gasteiger charge is -2.17. The molecule has 0 spiro atoms. The van der Waals surface area contributed by atoms with Gasteiger partial charge in [0.25, 0.3) is 5.56 Å². The van der Waals surface area contributed by atoms with Crippen LogP contribution >= 0.6 is 0 Å². The Bertz CT molecular complexity index is 1120. The van der Waals surface area contributed by atoms with Crippen molar-refractivity contribution in [2.24, 2.45) is 7.05 Å². The van der Waals surface area contributed by atoms with E-state index in [1.807, 2.05) is 6.07 Å². The van der Waals surface area contributed by atoms with Crippen molar-refractivity contribution >= 4 is 28.4 Å². The molecule has 0 bridgehead atoms. The molecule has 3 aromatic rings. The molecule has 1 aromatic heterocycles. The van der Waals surface area contributed by atoms with E-state index in [0.29, 0.717) is 34.6 Å². The number of nitrogens with zero attached hydrogens (tertiary/aromatic N) is 3. The Kier molecular flexibility index (Phi) is 6.46. The fourth-order valence-electron chi connectivity index (χ4n) is 3.08. The molecule has 2 aromatic carbocycles. The smallest absolute Gasteiger partial charge is 0.261 e. The van der Waals surface area contributed by atoms with Crippen LogP contribution in [0.5, 0.6) is 5.75 Å². The number of nitrogens with one attached hydrogen (secondary N) is 1. The van der Waals surface area contributed by atoms with Crippen LogP contribution in [0.1, 0.15) is 12.2 Å². The van der Waals surface area contributed by atoms with Crippen LogP contribution < -0.4 is 15.6 Å². The molecule has 0 aliphatic heterocycles. The number of carbonyl (C=O) groups is 2. The third-order valence-electron chi connectivity index (χ3n) is 4.82. The predicted molar refractivity (Wildman–Crippen MR) is 115 cm³/mol. The van der Waals surface area contributed by atoms with Gasteiger partial charge in [-0.25, -0.2) is 4.98 Å². The molecule has 1 heterocycles. The Morgan fingerprint density at radius 1 is 1.13 bits per heavy atom.